The van der Waals surface area contributed by atoms with Crippen molar-refractivity contribution in [1.29, 1.82) is 0 Å². The lowest BCUT2D eigenvalue weighted by atomic mass is 9.86. The molecule has 0 saturated carbocycles. The minimum absolute atomic E-state index is 0.0412. The Morgan fingerprint density at radius 3 is 1.68 bits per heavy atom. The first-order valence-electron chi connectivity index (χ1n) is 26.2. The van der Waals surface area contributed by atoms with Crippen molar-refractivity contribution >= 4 is 28.4 Å². The maximum absolute atomic E-state index is 6.92. The maximum atomic E-state index is 6.92. The maximum Gasteiger partial charge on any atom is 0.187 e. The van der Waals surface area contributed by atoms with Gasteiger partial charge in [-0.2, -0.15) is 5.06 Å². The summed E-state index contributed by atoms with van der Waals surface area (Å²) in [5.74, 6) is 2.55. The molecule has 9 aromatic carbocycles. The molecule has 0 fully saturated rings. The lowest BCUT2D eigenvalue weighted by Gasteiger charge is -2.26. The summed E-state index contributed by atoms with van der Waals surface area (Å²) in [6.45, 7) is 12.9. The van der Waals surface area contributed by atoms with Crippen molar-refractivity contribution in [1.82, 2.24) is 0 Å². The van der Waals surface area contributed by atoms with E-state index in [0.717, 1.165) is 90.1 Å². The van der Waals surface area contributed by atoms with Gasteiger partial charge in [0.15, 0.2) is 18.2 Å². The van der Waals surface area contributed by atoms with Gasteiger partial charge >= 0.3 is 0 Å². The number of hydrogen-bond acceptors (Lipinski definition) is 6. The molecule has 0 bridgehead atoms. The van der Waals surface area contributed by atoms with E-state index in [-0.39, 0.29) is 30.2 Å². The molecule has 0 saturated heterocycles. The van der Waals surface area contributed by atoms with Gasteiger partial charge in [-0.15, -0.1) is 0 Å². The number of nitrogens with one attached hydrogen (secondary N) is 1. The highest BCUT2D eigenvalue weighted by Gasteiger charge is 2.47. The third-order valence-corrected chi connectivity index (χ3v) is 14.9. The molecular weight excluding hydrogens is 919 g/mol. The van der Waals surface area contributed by atoms with Gasteiger partial charge in [-0.1, -0.05) is 161 Å². The second-order valence-corrected chi connectivity index (χ2v) is 19.3. The molecule has 4 aliphatic rings. The molecule has 0 radical (unpaired) electrons. The number of rotatable bonds is 10. The largest absolute Gasteiger partial charge is 0.469 e. The molecule has 0 aromatic heterocycles. The van der Waals surface area contributed by atoms with Crippen molar-refractivity contribution < 1.29 is 14.3 Å². The van der Waals surface area contributed by atoms with E-state index in [2.05, 4.69) is 224 Å². The van der Waals surface area contributed by atoms with Crippen molar-refractivity contribution in [2.45, 2.75) is 57.9 Å². The SMILES string of the molecule is C=C(/C=C\C=C/C)C1c2cc(-c3cc(-c4ccc5c(c4)C(C)c4ccccc4N(c4ccccc4)O5)cc(-c4ccc5c(c4)C4c6ccccc6N(c6ccccc6)C4O5)c3)ccc2OC1Nc1ccccc1.CC. The van der Waals surface area contributed by atoms with Crippen LogP contribution in [0, 0.1) is 0 Å². The zero-order valence-corrected chi connectivity index (χ0v) is 42.7. The third kappa shape index (κ3) is 8.62. The van der Waals surface area contributed by atoms with Gasteiger partial charge in [0.25, 0.3) is 0 Å². The Hall–Kier alpha value is -9.00. The van der Waals surface area contributed by atoms with Gasteiger partial charge in [0, 0.05) is 39.7 Å². The van der Waals surface area contributed by atoms with Crippen LogP contribution in [-0.2, 0) is 0 Å². The smallest absolute Gasteiger partial charge is 0.187 e. The van der Waals surface area contributed by atoms with Crippen LogP contribution in [0.25, 0.3) is 33.4 Å². The summed E-state index contributed by atoms with van der Waals surface area (Å²) in [5.41, 5.74) is 18.8. The Morgan fingerprint density at radius 1 is 0.493 bits per heavy atom. The van der Waals surface area contributed by atoms with Crippen LogP contribution in [0.2, 0.25) is 0 Å². The lowest BCUT2D eigenvalue weighted by molar-refractivity contribution is 0.234. The molecule has 13 rings (SSSR count). The van der Waals surface area contributed by atoms with Crippen LogP contribution in [0.4, 0.5) is 28.4 Å². The number of allylic oxidation sites excluding steroid dienone is 4. The summed E-state index contributed by atoms with van der Waals surface area (Å²) in [6.07, 6.45) is 7.67. The number of benzene rings is 9. The van der Waals surface area contributed by atoms with E-state index in [4.69, 9.17) is 14.3 Å². The van der Waals surface area contributed by atoms with Crippen LogP contribution in [0.1, 0.15) is 73.3 Å². The topological polar surface area (TPSA) is 46.2 Å². The van der Waals surface area contributed by atoms with E-state index >= 15 is 0 Å². The van der Waals surface area contributed by atoms with Gasteiger partial charge in [-0.25, -0.2) is 0 Å². The van der Waals surface area contributed by atoms with E-state index in [0.29, 0.717) is 0 Å². The standard InChI is InChI=1S/C67H53N3O3.C2H6/c1-4-5-9-20-43(2)64-57-41-46(31-34-61(57)71-66(64)68-51-21-10-6-11-22-51)49-37-48(45-33-36-63-56(40-45)44(3)54-27-16-19-30-60(54)70(73-63)53-25-14-8-15-26-53)38-50(39-49)47-32-35-62-58(42-47)65-55-28-17-18-29-59(55)69(67(65)72-62)52-23-12-7-13-24-52;1-2/h4-42,44,64-68H,2H2,1,3H3;1-2H3/b5-4-,20-9-;. The fraction of sp³-hybridized carbons (Fsp3) is 0.130. The average molecular weight is 978 g/mol. The van der Waals surface area contributed by atoms with Gasteiger partial charge in [-0.3, -0.25) is 0 Å². The molecule has 368 valence electrons. The predicted octanol–water partition coefficient (Wildman–Crippen LogP) is 17.9. The molecule has 4 heterocycles. The van der Waals surface area contributed by atoms with Gasteiger partial charge < -0.3 is 24.5 Å². The lowest BCUT2D eigenvalue weighted by Crippen LogP contribution is -2.32. The van der Waals surface area contributed by atoms with E-state index in [1.807, 2.05) is 62.3 Å². The zero-order valence-electron chi connectivity index (χ0n) is 42.7. The molecule has 1 N–H and O–H groups in total. The average Bonchev–Trinajstić information content (AvgIpc) is 4.13. The van der Waals surface area contributed by atoms with Gasteiger partial charge in [-0.05, 0) is 160 Å². The van der Waals surface area contributed by atoms with Crippen molar-refractivity contribution in [3.8, 4) is 50.6 Å². The van der Waals surface area contributed by atoms with Crippen LogP contribution in [0.3, 0.4) is 0 Å². The number of hydrogen-bond donors (Lipinski definition) is 1. The molecule has 5 unspecified atom stereocenters. The zero-order chi connectivity index (χ0) is 51.0. The first-order valence-corrected chi connectivity index (χ1v) is 26.2. The van der Waals surface area contributed by atoms with Crippen LogP contribution < -0.4 is 29.6 Å². The number of ether oxygens (including phenoxy) is 2. The monoisotopic (exact) mass is 977 g/mol. The van der Waals surface area contributed by atoms with Crippen LogP contribution in [-0.4, -0.2) is 12.5 Å². The Bertz CT molecular complexity index is 3630. The number of nitrogens with zero attached hydrogens (tertiary/aromatic N) is 2. The summed E-state index contributed by atoms with van der Waals surface area (Å²) in [4.78, 5) is 9.24. The normalized spacial score (nSPS) is 18.5. The number of para-hydroxylation sites is 5. The highest BCUT2D eigenvalue weighted by molar-refractivity contribution is 5.84. The summed E-state index contributed by atoms with van der Waals surface area (Å²) in [5, 5.41) is 5.64. The van der Waals surface area contributed by atoms with E-state index in [1.54, 1.807) is 0 Å². The summed E-state index contributed by atoms with van der Waals surface area (Å²) in [7, 11) is 0. The summed E-state index contributed by atoms with van der Waals surface area (Å²) >= 11 is 0. The van der Waals surface area contributed by atoms with E-state index in [9.17, 15) is 0 Å². The van der Waals surface area contributed by atoms with E-state index < -0.39 is 0 Å². The second-order valence-electron chi connectivity index (χ2n) is 19.3. The molecular formula is C69H59N3O3. The second kappa shape index (κ2) is 20.1. The minimum atomic E-state index is -0.347. The molecule has 6 heteroatoms. The van der Waals surface area contributed by atoms with Crippen molar-refractivity contribution in [2.24, 2.45) is 0 Å². The van der Waals surface area contributed by atoms with Gasteiger partial charge in [0.05, 0.1) is 23.2 Å². The quantitative estimate of drug-likeness (QED) is 0.138. The highest BCUT2D eigenvalue weighted by Crippen LogP contribution is 2.55. The minimum Gasteiger partial charge on any atom is -0.469 e. The van der Waals surface area contributed by atoms with Crippen LogP contribution in [0.15, 0.2) is 249 Å². The number of anilines is 5. The van der Waals surface area contributed by atoms with Crippen molar-refractivity contribution in [2.75, 3.05) is 15.3 Å². The Kier molecular flexibility index (Phi) is 12.6. The van der Waals surface area contributed by atoms with Crippen molar-refractivity contribution in [3.63, 3.8) is 0 Å². The van der Waals surface area contributed by atoms with Crippen LogP contribution in [0.5, 0.6) is 17.2 Å². The van der Waals surface area contributed by atoms with Gasteiger partial charge in [0.2, 0.25) is 0 Å². The molecule has 4 aliphatic heterocycles. The highest BCUT2D eigenvalue weighted by atomic mass is 16.7. The summed E-state index contributed by atoms with van der Waals surface area (Å²) < 4.78 is 13.7. The van der Waals surface area contributed by atoms with Crippen molar-refractivity contribution in [3.05, 3.63) is 277 Å². The molecule has 9 aromatic rings. The van der Waals surface area contributed by atoms with Gasteiger partial charge in [0.1, 0.15) is 11.5 Å². The molecule has 6 nitrogen and oxygen atoms in total. The Balaban J connectivity index is 0.00000281. The Labute approximate surface area is 441 Å². The van der Waals surface area contributed by atoms with Crippen LogP contribution >= 0.6 is 0 Å². The third-order valence-electron chi connectivity index (χ3n) is 14.9. The fourth-order valence-corrected chi connectivity index (χ4v) is 11.4. The molecule has 75 heavy (non-hydrogen) atoms. The fourth-order valence-electron chi connectivity index (χ4n) is 11.4. The molecule has 0 spiro atoms. The summed E-state index contributed by atoms with van der Waals surface area (Å²) in [6, 6.07) is 75.6. The molecule has 5 atom stereocenters. The predicted molar refractivity (Wildman–Crippen MR) is 309 cm³/mol. The Morgan fingerprint density at radius 2 is 1.03 bits per heavy atom. The van der Waals surface area contributed by atoms with E-state index in [1.165, 1.54) is 22.4 Å². The first kappa shape index (κ1) is 47.0. The number of fused-ring (bicyclic) bond motifs is 8. The first-order chi connectivity index (χ1) is 37.0. The molecule has 0 amide bonds. The molecule has 0 aliphatic carbocycles.